The van der Waals surface area contributed by atoms with Gasteiger partial charge in [0.15, 0.2) is 0 Å². The normalized spacial score (nSPS) is 14.7. The Morgan fingerprint density at radius 3 is 2.52 bits per heavy atom. The molecule has 0 spiro atoms. The van der Waals surface area contributed by atoms with Crippen LogP contribution in [0.5, 0.6) is 0 Å². The third kappa shape index (κ3) is 2.49. The predicted molar refractivity (Wildman–Crippen MR) is 96.0 cm³/mol. The standard InChI is InChI=1S/C20H16ClNO/c21-16-9-11-18-15(13-16)8-10-17(14-5-2-1-3-6-14)20(18)22-12-4-7-19(22)23/h1-3,5-6,8-11,13H,4,7,12H2. The molecule has 1 fully saturated rings. The van der Waals surface area contributed by atoms with E-state index in [1.165, 1.54) is 0 Å². The summed E-state index contributed by atoms with van der Waals surface area (Å²) in [6.07, 6.45) is 1.54. The highest BCUT2D eigenvalue weighted by Gasteiger charge is 2.26. The largest absolute Gasteiger partial charge is 0.311 e. The lowest BCUT2D eigenvalue weighted by Crippen LogP contribution is -2.24. The molecule has 1 amide bonds. The zero-order chi connectivity index (χ0) is 15.8. The highest BCUT2D eigenvalue weighted by atomic mass is 35.5. The first kappa shape index (κ1) is 14.3. The predicted octanol–water partition coefficient (Wildman–Crippen LogP) is 5.29. The summed E-state index contributed by atoms with van der Waals surface area (Å²) in [5.74, 6) is 0.199. The molecule has 114 valence electrons. The van der Waals surface area contributed by atoms with Crippen LogP contribution in [0.15, 0.2) is 60.7 Å². The number of hydrogen-bond acceptors (Lipinski definition) is 1. The van der Waals surface area contributed by atoms with Crippen LogP contribution in [-0.4, -0.2) is 12.5 Å². The number of benzene rings is 3. The monoisotopic (exact) mass is 321 g/mol. The smallest absolute Gasteiger partial charge is 0.227 e. The lowest BCUT2D eigenvalue weighted by atomic mass is 9.97. The Morgan fingerprint density at radius 2 is 1.78 bits per heavy atom. The Morgan fingerprint density at radius 1 is 0.957 bits per heavy atom. The second-order valence-corrected chi connectivity index (χ2v) is 6.28. The molecule has 3 aromatic carbocycles. The number of fused-ring (bicyclic) bond motifs is 1. The molecule has 0 bridgehead atoms. The number of halogens is 1. The second-order valence-electron chi connectivity index (χ2n) is 5.84. The molecule has 1 aliphatic heterocycles. The van der Waals surface area contributed by atoms with Crippen LogP contribution >= 0.6 is 11.6 Å². The average Bonchev–Trinajstić information content (AvgIpc) is 3.00. The SMILES string of the molecule is O=C1CCCN1c1c(-c2ccccc2)ccc2cc(Cl)ccc12. The second kappa shape index (κ2) is 5.71. The van der Waals surface area contributed by atoms with Gasteiger partial charge in [-0.15, -0.1) is 0 Å². The molecule has 2 nitrogen and oxygen atoms in total. The van der Waals surface area contributed by atoms with Gasteiger partial charge in [0.2, 0.25) is 5.91 Å². The minimum absolute atomic E-state index is 0.199. The topological polar surface area (TPSA) is 20.3 Å². The van der Waals surface area contributed by atoms with E-state index >= 15 is 0 Å². The van der Waals surface area contributed by atoms with Crippen molar-refractivity contribution in [1.29, 1.82) is 0 Å². The maximum absolute atomic E-state index is 12.4. The van der Waals surface area contributed by atoms with Crippen molar-refractivity contribution in [3.8, 4) is 11.1 Å². The Balaban J connectivity index is 2.02. The molecule has 0 N–H and O–H groups in total. The van der Waals surface area contributed by atoms with Gasteiger partial charge in [-0.05, 0) is 29.5 Å². The van der Waals surface area contributed by atoms with Crippen molar-refractivity contribution in [2.24, 2.45) is 0 Å². The van der Waals surface area contributed by atoms with E-state index in [0.717, 1.165) is 40.6 Å². The molecule has 0 saturated carbocycles. The van der Waals surface area contributed by atoms with Crippen molar-refractivity contribution < 1.29 is 4.79 Å². The van der Waals surface area contributed by atoms with Crippen LogP contribution in [0.2, 0.25) is 5.02 Å². The minimum Gasteiger partial charge on any atom is -0.311 e. The maximum atomic E-state index is 12.4. The Labute approximate surface area is 140 Å². The maximum Gasteiger partial charge on any atom is 0.227 e. The van der Waals surface area contributed by atoms with E-state index in [1.54, 1.807) is 0 Å². The summed E-state index contributed by atoms with van der Waals surface area (Å²) < 4.78 is 0. The van der Waals surface area contributed by atoms with Crippen LogP contribution in [0.4, 0.5) is 5.69 Å². The van der Waals surface area contributed by atoms with Crippen LogP contribution in [-0.2, 0) is 4.79 Å². The summed E-state index contributed by atoms with van der Waals surface area (Å²) >= 11 is 6.14. The fraction of sp³-hybridized carbons (Fsp3) is 0.150. The van der Waals surface area contributed by atoms with Crippen molar-refractivity contribution in [1.82, 2.24) is 0 Å². The van der Waals surface area contributed by atoms with E-state index < -0.39 is 0 Å². The zero-order valence-corrected chi connectivity index (χ0v) is 13.4. The van der Waals surface area contributed by atoms with Crippen molar-refractivity contribution in [2.45, 2.75) is 12.8 Å². The lowest BCUT2D eigenvalue weighted by Gasteiger charge is -2.22. The van der Waals surface area contributed by atoms with Crippen LogP contribution in [0, 0.1) is 0 Å². The van der Waals surface area contributed by atoms with Crippen LogP contribution < -0.4 is 4.90 Å². The molecule has 23 heavy (non-hydrogen) atoms. The molecular formula is C20H16ClNO. The quantitative estimate of drug-likeness (QED) is 0.628. The summed E-state index contributed by atoms with van der Waals surface area (Å²) in [5.41, 5.74) is 3.22. The zero-order valence-electron chi connectivity index (χ0n) is 12.6. The van der Waals surface area contributed by atoms with Gasteiger partial charge in [0.25, 0.3) is 0 Å². The first-order valence-corrected chi connectivity index (χ1v) is 8.20. The Kier molecular flexibility index (Phi) is 3.55. The van der Waals surface area contributed by atoms with Gasteiger partial charge in [0.1, 0.15) is 0 Å². The average molecular weight is 322 g/mol. The number of hydrogen-bond donors (Lipinski definition) is 0. The molecule has 1 aliphatic rings. The van der Waals surface area contributed by atoms with Gasteiger partial charge >= 0.3 is 0 Å². The van der Waals surface area contributed by atoms with E-state index in [1.807, 2.05) is 41.3 Å². The van der Waals surface area contributed by atoms with E-state index in [4.69, 9.17) is 11.6 Å². The fourth-order valence-corrected chi connectivity index (χ4v) is 3.49. The molecule has 0 aromatic heterocycles. The van der Waals surface area contributed by atoms with Gasteiger partial charge in [-0.3, -0.25) is 4.79 Å². The highest BCUT2D eigenvalue weighted by Crippen LogP contribution is 2.40. The number of nitrogens with zero attached hydrogens (tertiary/aromatic N) is 1. The van der Waals surface area contributed by atoms with Gasteiger partial charge in [-0.2, -0.15) is 0 Å². The number of carbonyl (C=O) groups excluding carboxylic acids is 1. The van der Waals surface area contributed by atoms with Gasteiger partial charge in [0.05, 0.1) is 5.69 Å². The molecule has 4 rings (SSSR count). The highest BCUT2D eigenvalue weighted by molar-refractivity contribution is 6.31. The number of anilines is 1. The summed E-state index contributed by atoms with van der Waals surface area (Å²) in [6.45, 7) is 0.778. The van der Waals surface area contributed by atoms with Crippen LogP contribution in [0.25, 0.3) is 21.9 Å². The first-order valence-electron chi connectivity index (χ1n) is 7.82. The van der Waals surface area contributed by atoms with E-state index in [9.17, 15) is 4.79 Å². The number of rotatable bonds is 2. The lowest BCUT2D eigenvalue weighted by molar-refractivity contribution is -0.117. The van der Waals surface area contributed by atoms with Gasteiger partial charge in [-0.1, -0.05) is 60.1 Å². The fourth-order valence-electron chi connectivity index (χ4n) is 3.31. The number of carbonyl (C=O) groups is 1. The van der Waals surface area contributed by atoms with E-state index in [2.05, 4.69) is 24.3 Å². The molecule has 0 radical (unpaired) electrons. The molecule has 0 unspecified atom stereocenters. The van der Waals surface area contributed by atoms with Crippen molar-refractivity contribution >= 4 is 34.0 Å². The van der Waals surface area contributed by atoms with Crippen LogP contribution in [0.1, 0.15) is 12.8 Å². The van der Waals surface area contributed by atoms with Gasteiger partial charge in [0, 0.05) is 28.9 Å². The molecule has 1 heterocycles. The molecular weight excluding hydrogens is 306 g/mol. The summed E-state index contributed by atoms with van der Waals surface area (Å²) in [7, 11) is 0. The van der Waals surface area contributed by atoms with Crippen molar-refractivity contribution in [2.75, 3.05) is 11.4 Å². The minimum atomic E-state index is 0.199. The third-order valence-corrected chi connectivity index (χ3v) is 4.62. The van der Waals surface area contributed by atoms with Crippen molar-refractivity contribution in [3.05, 3.63) is 65.7 Å². The third-order valence-electron chi connectivity index (χ3n) is 4.38. The summed E-state index contributed by atoms with van der Waals surface area (Å²) in [4.78, 5) is 14.3. The molecule has 1 saturated heterocycles. The Hall–Kier alpha value is -2.32. The number of amides is 1. The first-order chi connectivity index (χ1) is 11.2. The molecule has 3 heteroatoms. The molecule has 0 atom stereocenters. The van der Waals surface area contributed by atoms with Gasteiger partial charge in [-0.25, -0.2) is 0 Å². The van der Waals surface area contributed by atoms with E-state index in [-0.39, 0.29) is 5.91 Å². The van der Waals surface area contributed by atoms with Crippen LogP contribution in [0.3, 0.4) is 0 Å². The van der Waals surface area contributed by atoms with Crippen molar-refractivity contribution in [3.63, 3.8) is 0 Å². The molecule has 3 aromatic rings. The Bertz CT molecular complexity index is 889. The summed E-state index contributed by atoms with van der Waals surface area (Å²) in [5, 5.41) is 2.85. The van der Waals surface area contributed by atoms with Gasteiger partial charge < -0.3 is 4.90 Å². The molecule has 0 aliphatic carbocycles. The summed E-state index contributed by atoms with van der Waals surface area (Å²) in [6, 6.07) is 20.3. The van der Waals surface area contributed by atoms with E-state index in [0.29, 0.717) is 11.4 Å².